The maximum absolute atomic E-state index is 12.5. The quantitative estimate of drug-likeness (QED) is 0.769. The molecule has 0 aliphatic rings. The minimum absolute atomic E-state index is 0.0552. The third-order valence-corrected chi connectivity index (χ3v) is 4.71. The number of thiazole rings is 1. The van der Waals surface area contributed by atoms with Crippen LogP contribution in [0.2, 0.25) is 0 Å². The van der Waals surface area contributed by atoms with Crippen molar-refractivity contribution < 1.29 is 14.0 Å². The molecular weight excluding hydrogens is 338 g/mol. The largest absolute Gasteiger partial charge is 0.462 e. The number of amides is 2. The Bertz CT molecular complexity index is 898. The van der Waals surface area contributed by atoms with Gasteiger partial charge < -0.3 is 14.6 Å². The molecule has 0 aliphatic carbocycles. The summed E-state index contributed by atoms with van der Waals surface area (Å²) in [7, 11) is 1.70. The topological polar surface area (TPSA) is 75.4 Å². The van der Waals surface area contributed by atoms with Gasteiger partial charge in [0, 0.05) is 30.2 Å². The molecule has 2 heterocycles. The molecule has 0 fully saturated rings. The van der Waals surface area contributed by atoms with E-state index in [9.17, 15) is 9.59 Å². The molecule has 2 amide bonds. The van der Waals surface area contributed by atoms with Crippen molar-refractivity contribution in [3.63, 3.8) is 0 Å². The number of aromatic nitrogens is 1. The predicted octanol–water partition coefficient (Wildman–Crippen LogP) is 3.95. The minimum Gasteiger partial charge on any atom is -0.462 e. The van der Waals surface area contributed by atoms with Gasteiger partial charge in [-0.1, -0.05) is 0 Å². The Morgan fingerprint density at radius 2 is 1.92 bits per heavy atom. The van der Waals surface area contributed by atoms with Crippen molar-refractivity contribution in [2.24, 2.45) is 0 Å². The van der Waals surface area contributed by atoms with E-state index in [1.54, 1.807) is 43.6 Å². The second kappa shape index (κ2) is 6.90. The summed E-state index contributed by atoms with van der Waals surface area (Å²) in [6, 6.07) is 10.7. The zero-order valence-electron chi connectivity index (χ0n) is 14.1. The molecular formula is C18H17N3O3S. The monoisotopic (exact) mass is 355 g/mol. The SMILES string of the molecule is CC(=O)N(C)c1ccc(NC(=O)c2nc(-c3ccco3)sc2C)cc1. The summed E-state index contributed by atoms with van der Waals surface area (Å²) in [5.74, 6) is 0.309. The molecule has 1 aromatic carbocycles. The van der Waals surface area contributed by atoms with Crippen molar-refractivity contribution in [2.45, 2.75) is 13.8 Å². The van der Waals surface area contributed by atoms with E-state index in [4.69, 9.17) is 4.42 Å². The first kappa shape index (κ1) is 16.9. The second-order valence-electron chi connectivity index (χ2n) is 5.48. The number of benzene rings is 1. The molecule has 2 aromatic heterocycles. The number of furan rings is 1. The Hall–Kier alpha value is -2.93. The summed E-state index contributed by atoms with van der Waals surface area (Å²) in [5.41, 5.74) is 1.77. The number of anilines is 2. The molecule has 1 N–H and O–H groups in total. The lowest BCUT2D eigenvalue weighted by Gasteiger charge is -2.15. The summed E-state index contributed by atoms with van der Waals surface area (Å²) in [6.45, 7) is 3.35. The zero-order chi connectivity index (χ0) is 18.0. The first-order chi connectivity index (χ1) is 12.0. The van der Waals surface area contributed by atoms with Crippen LogP contribution in [-0.4, -0.2) is 23.8 Å². The van der Waals surface area contributed by atoms with Gasteiger partial charge >= 0.3 is 0 Å². The highest BCUT2D eigenvalue weighted by Gasteiger charge is 2.17. The van der Waals surface area contributed by atoms with Crippen LogP contribution in [0.3, 0.4) is 0 Å². The molecule has 7 heteroatoms. The molecule has 0 unspecified atom stereocenters. The van der Waals surface area contributed by atoms with E-state index in [2.05, 4.69) is 10.3 Å². The molecule has 0 saturated carbocycles. The number of aryl methyl sites for hydroxylation is 1. The van der Waals surface area contributed by atoms with Gasteiger partial charge in [0.1, 0.15) is 5.69 Å². The Morgan fingerprint density at radius 1 is 1.20 bits per heavy atom. The van der Waals surface area contributed by atoms with Crippen molar-refractivity contribution in [2.75, 3.05) is 17.3 Å². The Balaban J connectivity index is 1.75. The van der Waals surface area contributed by atoms with E-state index in [0.29, 0.717) is 22.1 Å². The van der Waals surface area contributed by atoms with E-state index in [0.717, 1.165) is 10.6 Å². The number of hydrogen-bond donors (Lipinski definition) is 1. The number of hydrogen-bond acceptors (Lipinski definition) is 5. The Morgan fingerprint density at radius 3 is 2.52 bits per heavy atom. The molecule has 0 atom stereocenters. The third-order valence-electron chi connectivity index (χ3n) is 3.73. The average Bonchev–Trinajstić information content (AvgIpc) is 3.24. The van der Waals surface area contributed by atoms with E-state index in [-0.39, 0.29) is 11.8 Å². The fraction of sp³-hybridized carbons (Fsp3) is 0.167. The van der Waals surface area contributed by atoms with Crippen molar-refractivity contribution >= 4 is 34.5 Å². The molecule has 128 valence electrons. The second-order valence-corrected chi connectivity index (χ2v) is 6.68. The lowest BCUT2D eigenvalue weighted by Crippen LogP contribution is -2.22. The van der Waals surface area contributed by atoms with Crippen LogP contribution in [0.4, 0.5) is 11.4 Å². The summed E-state index contributed by atoms with van der Waals surface area (Å²) in [4.78, 5) is 30.6. The molecule has 0 saturated heterocycles. The maximum atomic E-state index is 12.5. The van der Waals surface area contributed by atoms with Crippen LogP contribution in [-0.2, 0) is 4.79 Å². The minimum atomic E-state index is -0.278. The van der Waals surface area contributed by atoms with Gasteiger partial charge in [0.25, 0.3) is 5.91 Å². The van der Waals surface area contributed by atoms with Crippen LogP contribution >= 0.6 is 11.3 Å². The molecule has 3 rings (SSSR count). The average molecular weight is 355 g/mol. The van der Waals surface area contributed by atoms with Gasteiger partial charge in [-0.05, 0) is 43.3 Å². The predicted molar refractivity (Wildman–Crippen MR) is 98.0 cm³/mol. The van der Waals surface area contributed by atoms with Gasteiger partial charge in [0.2, 0.25) is 5.91 Å². The normalized spacial score (nSPS) is 10.5. The molecule has 25 heavy (non-hydrogen) atoms. The van der Waals surface area contributed by atoms with Gasteiger partial charge in [-0.2, -0.15) is 0 Å². The molecule has 0 spiro atoms. The van der Waals surface area contributed by atoms with Gasteiger partial charge in [-0.15, -0.1) is 11.3 Å². The lowest BCUT2D eigenvalue weighted by atomic mass is 10.2. The number of nitrogens with zero attached hydrogens (tertiary/aromatic N) is 2. The first-order valence-electron chi connectivity index (χ1n) is 7.62. The summed E-state index contributed by atoms with van der Waals surface area (Å²) in [5, 5.41) is 3.50. The van der Waals surface area contributed by atoms with E-state index in [1.807, 2.05) is 13.0 Å². The first-order valence-corrected chi connectivity index (χ1v) is 8.44. The van der Waals surface area contributed by atoms with Crippen LogP contribution < -0.4 is 10.2 Å². The van der Waals surface area contributed by atoms with Crippen molar-refractivity contribution in [3.05, 3.63) is 53.2 Å². The van der Waals surface area contributed by atoms with E-state index in [1.165, 1.54) is 23.2 Å². The number of carbonyl (C=O) groups excluding carboxylic acids is 2. The number of nitrogens with one attached hydrogen (secondary N) is 1. The fourth-order valence-electron chi connectivity index (χ4n) is 2.25. The van der Waals surface area contributed by atoms with Gasteiger partial charge in [0.05, 0.1) is 6.26 Å². The summed E-state index contributed by atoms with van der Waals surface area (Å²) in [6.07, 6.45) is 1.57. The number of carbonyl (C=O) groups is 2. The van der Waals surface area contributed by atoms with E-state index < -0.39 is 0 Å². The molecule has 0 radical (unpaired) electrons. The Labute approximate surface area is 149 Å². The van der Waals surface area contributed by atoms with Crippen LogP contribution in [0, 0.1) is 6.92 Å². The highest BCUT2D eigenvalue weighted by atomic mass is 32.1. The highest BCUT2D eigenvalue weighted by Crippen LogP contribution is 2.28. The third kappa shape index (κ3) is 3.61. The van der Waals surface area contributed by atoms with Crippen LogP contribution in [0.5, 0.6) is 0 Å². The molecule has 0 bridgehead atoms. The van der Waals surface area contributed by atoms with Gasteiger partial charge in [-0.25, -0.2) is 4.98 Å². The number of rotatable bonds is 4. The Kier molecular flexibility index (Phi) is 4.67. The summed E-state index contributed by atoms with van der Waals surface area (Å²) < 4.78 is 5.32. The fourth-order valence-corrected chi connectivity index (χ4v) is 3.13. The lowest BCUT2D eigenvalue weighted by molar-refractivity contribution is -0.116. The maximum Gasteiger partial charge on any atom is 0.275 e. The van der Waals surface area contributed by atoms with Crippen LogP contribution in [0.1, 0.15) is 22.3 Å². The standard InChI is InChI=1S/C18H17N3O3S/c1-11-16(20-18(25-11)15-5-4-10-24-15)17(23)19-13-6-8-14(9-7-13)21(3)12(2)22/h4-10H,1-3H3,(H,19,23). The molecule has 0 aliphatic heterocycles. The van der Waals surface area contributed by atoms with Crippen LogP contribution in [0.15, 0.2) is 47.1 Å². The van der Waals surface area contributed by atoms with Crippen molar-refractivity contribution in [3.8, 4) is 10.8 Å². The molecule has 3 aromatic rings. The van der Waals surface area contributed by atoms with E-state index >= 15 is 0 Å². The molecule has 6 nitrogen and oxygen atoms in total. The smallest absolute Gasteiger partial charge is 0.275 e. The van der Waals surface area contributed by atoms with Gasteiger partial charge in [-0.3, -0.25) is 9.59 Å². The van der Waals surface area contributed by atoms with Gasteiger partial charge in [0.15, 0.2) is 10.8 Å². The van der Waals surface area contributed by atoms with Crippen molar-refractivity contribution in [1.82, 2.24) is 4.98 Å². The van der Waals surface area contributed by atoms with Crippen LogP contribution in [0.25, 0.3) is 10.8 Å². The summed E-state index contributed by atoms with van der Waals surface area (Å²) >= 11 is 1.41. The zero-order valence-corrected chi connectivity index (χ0v) is 14.9. The van der Waals surface area contributed by atoms with Crippen molar-refractivity contribution in [1.29, 1.82) is 0 Å². The highest BCUT2D eigenvalue weighted by molar-refractivity contribution is 7.15.